The number of rotatable bonds is 0. The van der Waals surface area contributed by atoms with Crippen molar-refractivity contribution in [1.82, 2.24) is 0 Å². The van der Waals surface area contributed by atoms with Crippen LogP contribution in [0.2, 0.25) is 0 Å². The topological polar surface area (TPSA) is 12.5 Å². The van der Waals surface area contributed by atoms with Crippen LogP contribution in [-0.4, -0.2) is 12.2 Å². The molecule has 0 amide bonds. The lowest BCUT2D eigenvalue weighted by Crippen LogP contribution is -2.23. The van der Waals surface area contributed by atoms with Gasteiger partial charge in [0.1, 0.15) is 0 Å². The second kappa shape index (κ2) is 6.70. The zero-order valence-electron chi connectivity index (χ0n) is 17.4. The molecule has 1 heteroatoms. The molecule has 0 spiro atoms. The van der Waals surface area contributed by atoms with Crippen molar-refractivity contribution < 1.29 is 4.74 Å². The SMILES string of the molecule is C.CC(C)(C)[C@@H]1C[C@H]1C(C)(C)C.CC(C)(C)[C@@H]1O[C@H]1C(C)(C)C. The van der Waals surface area contributed by atoms with E-state index in [2.05, 4.69) is 83.1 Å². The molecule has 1 heterocycles. The van der Waals surface area contributed by atoms with Crippen LogP contribution in [0.4, 0.5) is 0 Å². The molecule has 2 rings (SSSR count). The average Bonchev–Trinajstić information content (AvgIpc) is 3.07. The van der Waals surface area contributed by atoms with E-state index in [1.165, 1.54) is 6.42 Å². The highest BCUT2D eigenvalue weighted by molar-refractivity contribution is 5.00. The largest absolute Gasteiger partial charge is 0.368 e. The molecule has 0 radical (unpaired) electrons. The van der Waals surface area contributed by atoms with Crippen LogP contribution >= 0.6 is 0 Å². The Morgan fingerprint density at radius 1 is 0.522 bits per heavy atom. The molecule has 4 atom stereocenters. The van der Waals surface area contributed by atoms with Gasteiger partial charge in [0.25, 0.3) is 0 Å². The van der Waals surface area contributed by atoms with Gasteiger partial charge in [-0.3, -0.25) is 0 Å². The lowest BCUT2D eigenvalue weighted by Gasteiger charge is -2.24. The van der Waals surface area contributed by atoms with Crippen LogP contribution in [0, 0.1) is 33.5 Å². The highest BCUT2D eigenvalue weighted by Crippen LogP contribution is 2.58. The van der Waals surface area contributed by atoms with Crippen molar-refractivity contribution in [3.05, 3.63) is 0 Å². The summed E-state index contributed by atoms with van der Waals surface area (Å²) in [5, 5.41) is 0. The van der Waals surface area contributed by atoms with Gasteiger partial charge in [-0.05, 0) is 39.9 Å². The monoisotopic (exact) mass is 326 g/mol. The quantitative estimate of drug-likeness (QED) is 0.429. The minimum absolute atomic E-state index is 0. The number of ether oxygens (including phenoxy) is 1. The van der Waals surface area contributed by atoms with Crippen LogP contribution in [0.15, 0.2) is 0 Å². The Hall–Kier alpha value is -0.0400. The normalized spacial score (nSPS) is 30.8. The molecule has 1 nitrogen and oxygen atoms in total. The molecule has 1 saturated carbocycles. The van der Waals surface area contributed by atoms with E-state index in [0.29, 0.717) is 33.9 Å². The molecular formula is C22H46O. The smallest absolute Gasteiger partial charge is 0.0895 e. The summed E-state index contributed by atoms with van der Waals surface area (Å²) in [6, 6.07) is 0. The standard InChI is InChI=1S/C11H22.C10H20O.CH4/c1-10(2,3)8-7-9(8)11(4,5)6;1-9(2,3)7-8(11-7)10(4,5)6;/h8-9H,7H2,1-6H3;7-8H,1-6H3;1H4/t8-,9-;7-,8-;/m11./s1. The molecule has 0 bridgehead atoms. The molecule has 23 heavy (non-hydrogen) atoms. The van der Waals surface area contributed by atoms with E-state index >= 15 is 0 Å². The molecule has 0 aromatic heterocycles. The maximum atomic E-state index is 5.65. The summed E-state index contributed by atoms with van der Waals surface area (Å²) in [4.78, 5) is 0. The van der Waals surface area contributed by atoms with Gasteiger partial charge >= 0.3 is 0 Å². The number of hydrogen-bond donors (Lipinski definition) is 0. The minimum Gasteiger partial charge on any atom is -0.368 e. The summed E-state index contributed by atoms with van der Waals surface area (Å²) in [5.41, 5.74) is 1.71. The van der Waals surface area contributed by atoms with E-state index in [-0.39, 0.29) is 7.43 Å². The first kappa shape index (κ1) is 23.0. The fraction of sp³-hybridized carbons (Fsp3) is 1.00. The van der Waals surface area contributed by atoms with E-state index < -0.39 is 0 Å². The molecule has 0 aromatic carbocycles. The van der Waals surface area contributed by atoms with Gasteiger partial charge in [-0.15, -0.1) is 0 Å². The van der Waals surface area contributed by atoms with Crippen molar-refractivity contribution in [2.45, 2.75) is 109 Å². The Kier molecular flexibility index (Phi) is 6.68. The van der Waals surface area contributed by atoms with Crippen molar-refractivity contribution in [3.8, 4) is 0 Å². The highest BCUT2D eigenvalue weighted by Gasteiger charge is 2.52. The van der Waals surface area contributed by atoms with Gasteiger partial charge in [-0.2, -0.15) is 0 Å². The lowest BCUT2D eigenvalue weighted by atomic mass is 9.81. The van der Waals surface area contributed by atoms with Gasteiger partial charge in [-0.25, -0.2) is 0 Å². The van der Waals surface area contributed by atoms with Gasteiger partial charge in [0.15, 0.2) is 0 Å². The Morgan fingerprint density at radius 2 is 0.783 bits per heavy atom. The fourth-order valence-corrected chi connectivity index (χ4v) is 3.54. The van der Waals surface area contributed by atoms with Crippen molar-refractivity contribution in [3.63, 3.8) is 0 Å². The van der Waals surface area contributed by atoms with Crippen molar-refractivity contribution in [2.75, 3.05) is 0 Å². The summed E-state index contributed by atoms with van der Waals surface area (Å²) >= 11 is 0. The summed E-state index contributed by atoms with van der Waals surface area (Å²) in [5.74, 6) is 1.95. The first-order chi connectivity index (χ1) is 9.45. The summed E-state index contributed by atoms with van der Waals surface area (Å²) in [7, 11) is 0. The Labute approximate surface area is 148 Å². The van der Waals surface area contributed by atoms with Crippen molar-refractivity contribution in [2.24, 2.45) is 33.5 Å². The molecule has 2 aliphatic rings. The van der Waals surface area contributed by atoms with E-state index in [1.807, 2.05) is 0 Å². The predicted octanol–water partition coefficient (Wildman–Crippen LogP) is 7.20. The molecule has 0 aromatic rings. The van der Waals surface area contributed by atoms with E-state index in [1.54, 1.807) is 0 Å². The fourth-order valence-electron chi connectivity index (χ4n) is 3.54. The van der Waals surface area contributed by atoms with E-state index in [4.69, 9.17) is 4.74 Å². The Morgan fingerprint density at radius 3 is 0.870 bits per heavy atom. The third kappa shape index (κ3) is 6.77. The van der Waals surface area contributed by atoms with E-state index in [9.17, 15) is 0 Å². The maximum absolute atomic E-state index is 5.65. The maximum Gasteiger partial charge on any atom is 0.0895 e. The molecule has 0 unspecified atom stereocenters. The zero-order valence-corrected chi connectivity index (χ0v) is 17.4. The molecule has 0 N–H and O–H groups in total. The van der Waals surface area contributed by atoms with Gasteiger partial charge in [-0.1, -0.05) is 90.5 Å². The highest BCUT2D eigenvalue weighted by atomic mass is 16.6. The van der Waals surface area contributed by atoms with Crippen LogP contribution in [0.1, 0.15) is 96.9 Å². The first-order valence-electron chi connectivity index (χ1n) is 9.11. The summed E-state index contributed by atoms with van der Waals surface area (Å²) in [6.07, 6.45) is 2.40. The molecule has 140 valence electrons. The number of hydrogen-bond acceptors (Lipinski definition) is 1. The Balaban J connectivity index is 0.000000403. The van der Waals surface area contributed by atoms with Crippen molar-refractivity contribution in [1.29, 1.82) is 0 Å². The van der Waals surface area contributed by atoms with Crippen LogP contribution in [-0.2, 0) is 4.74 Å². The molecule has 1 aliphatic carbocycles. The van der Waals surface area contributed by atoms with Crippen LogP contribution in [0.3, 0.4) is 0 Å². The van der Waals surface area contributed by atoms with Gasteiger partial charge in [0.2, 0.25) is 0 Å². The van der Waals surface area contributed by atoms with Gasteiger partial charge in [0.05, 0.1) is 12.2 Å². The van der Waals surface area contributed by atoms with Gasteiger partial charge in [0, 0.05) is 0 Å². The van der Waals surface area contributed by atoms with Crippen LogP contribution < -0.4 is 0 Å². The first-order valence-corrected chi connectivity index (χ1v) is 9.11. The third-order valence-corrected chi connectivity index (χ3v) is 5.21. The average molecular weight is 327 g/mol. The van der Waals surface area contributed by atoms with Crippen LogP contribution in [0.25, 0.3) is 0 Å². The predicted molar refractivity (Wildman–Crippen MR) is 105 cm³/mol. The summed E-state index contributed by atoms with van der Waals surface area (Å²) < 4.78 is 5.65. The van der Waals surface area contributed by atoms with Crippen LogP contribution in [0.5, 0.6) is 0 Å². The van der Waals surface area contributed by atoms with Gasteiger partial charge < -0.3 is 4.74 Å². The van der Waals surface area contributed by atoms with E-state index in [0.717, 1.165) is 11.8 Å². The molecule has 2 fully saturated rings. The molecule has 1 aliphatic heterocycles. The molecular weight excluding hydrogens is 280 g/mol. The lowest BCUT2D eigenvalue weighted by molar-refractivity contribution is 0.236. The van der Waals surface area contributed by atoms with Crippen molar-refractivity contribution >= 4 is 0 Å². The number of epoxide rings is 1. The second-order valence-electron chi connectivity index (χ2n) is 11.9. The third-order valence-electron chi connectivity index (χ3n) is 5.21. The minimum atomic E-state index is 0. The summed E-state index contributed by atoms with van der Waals surface area (Å²) in [6.45, 7) is 27.6. The molecule has 1 saturated heterocycles. The second-order valence-corrected chi connectivity index (χ2v) is 11.9. The zero-order chi connectivity index (χ0) is 17.7. The Bertz CT molecular complexity index is 293.